The Kier molecular flexibility index (Phi) is 4.04. The van der Waals surface area contributed by atoms with Crippen molar-refractivity contribution < 1.29 is 4.74 Å². The van der Waals surface area contributed by atoms with Gasteiger partial charge in [-0.25, -0.2) is 9.97 Å². The van der Waals surface area contributed by atoms with Gasteiger partial charge < -0.3 is 10.1 Å². The molecule has 0 amide bonds. The van der Waals surface area contributed by atoms with Crippen molar-refractivity contribution in [3.05, 3.63) is 36.2 Å². The molecule has 1 saturated carbocycles. The SMILES string of the molecule is CCNc1cc(-c2ccccc2OCC)nc(C2CC2)n1. The lowest BCUT2D eigenvalue weighted by Crippen LogP contribution is -2.04. The molecule has 2 aromatic rings. The fourth-order valence-electron chi connectivity index (χ4n) is 2.36. The Morgan fingerprint density at radius 2 is 2.00 bits per heavy atom. The van der Waals surface area contributed by atoms with E-state index in [1.54, 1.807) is 0 Å². The quantitative estimate of drug-likeness (QED) is 0.874. The van der Waals surface area contributed by atoms with Crippen molar-refractivity contribution in [2.45, 2.75) is 32.6 Å². The molecule has 4 nitrogen and oxygen atoms in total. The molecule has 0 spiro atoms. The maximum absolute atomic E-state index is 5.73. The Morgan fingerprint density at radius 3 is 2.71 bits per heavy atom. The number of nitrogens with one attached hydrogen (secondary N) is 1. The smallest absolute Gasteiger partial charge is 0.134 e. The number of para-hydroxylation sites is 1. The van der Waals surface area contributed by atoms with Crippen molar-refractivity contribution in [3.63, 3.8) is 0 Å². The van der Waals surface area contributed by atoms with Gasteiger partial charge in [0.2, 0.25) is 0 Å². The van der Waals surface area contributed by atoms with E-state index in [0.29, 0.717) is 12.5 Å². The molecule has 110 valence electrons. The molecular formula is C17H21N3O. The number of anilines is 1. The third kappa shape index (κ3) is 3.15. The van der Waals surface area contributed by atoms with Crippen molar-refractivity contribution in [1.29, 1.82) is 0 Å². The molecule has 0 aliphatic heterocycles. The first-order valence-corrected chi connectivity index (χ1v) is 7.66. The van der Waals surface area contributed by atoms with Crippen molar-refractivity contribution >= 4 is 5.82 Å². The van der Waals surface area contributed by atoms with Crippen molar-refractivity contribution in [2.24, 2.45) is 0 Å². The van der Waals surface area contributed by atoms with Crippen LogP contribution in [0.5, 0.6) is 5.75 Å². The van der Waals surface area contributed by atoms with E-state index in [9.17, 15) is 0 Å². The van der Waals surface area contributed by atoms with Crippen LogP contribution in [0.4, 0.5) is 5.82 Å². The summed E-state index contributed by atoms with van der Waals surface area (Å²) in [6, 6.07) is 10.1. The van der Waals surface area contributed by atoms with Crippen molar-refractivity contribution in [3.8, 4) is 17.0 Å². The van der Waals surface area contributed by atoms with E-state index in [1.165, 1.54) is 12.8 Å². The first-order valence-electron chi connectivity index (χ1n) is 7.66. The number of aromatic nitrogens is 2. The fraction of sp³-hybridized carbons (Fsp3) is 0.412. The molecule has 3 rings (SSSR count). The highest BCUT2D eigenvalue weighted by Crippen LogP contribution is 2.40. The topological polar surface area (TPSA) is 47.0 Å². The lowest BCUT2D eigenvalue weighted by Gasteiger charge is -2.12. The Bertz CT molecular complexity index is 623. The first-order chi connectivity index (χ1) is 10.3. The minimum Gasteiger partial charge on any atom is -0.493 e. The van der Waals surface area contributed by atoms with Gasteiger partial charge in [0, 0.05) is 24.1 Å². The van der Waals surface area contributed by atoms with Gasteiger partial charge in [-0.05, 0) is 38.8 Å². The predicted octanol–water partition coefficient (Wildman–Crippen LogP) is 3.85. The summed E-state index contributed by atoms with van der Waals surface area (Å²) in [5, 5.41) is 3.30. The van der Waals surface area contributed by atoms with Crippen LogP contribution in [-0.2, 0) is 0 Å². The van der Waals surface area contributed by atoms with Crippen LogP contribution in [0.15, 0.2) is 30.3 Å². The number of ether oxygens (including phenoxy) is 1. The molecule has 0 atom stereocenters. The minimum absolute atomic E-state index is 0.529. The fourth-order valence-corrected chi connectivity index (χ4v) is 2.36. The van der Waals surface area contributed by atoms with Gasteiger partial charge in [-0.3, -0.25) is 0 Å². The Balaban J connectivity index is 2.04. The monoisotopic (exact) mass is 283 g/mol. The highest BCUT2D eigenvalue weighted by molar-refractivity contribution is 5.69. The standard InChI is InChI=1S/C17H21N3O/c1-3-18-16-11-14(19-17(20-16)12-9-10-12)13-7-5-6-8-15(13)21-4-2/h5-8,11-12H,3-4,9-10H2,1-2H3,(H,18,19,20). The summed E-state index contributed by atoms with van der Waals surface area (Å²) in [4.78, 5) is 9.38. The third-order valence-corrected chi connectivity index (χ3v) is 3.51. The van der Waals surface area contributed by atoms with E-state index in [2.05, 4.69) is 23.3 Å². The van der Waals surface area contributed by atoms with Gasteiger partial charge in [-0.15, -0.1) is 0 Å². The van der Waals surface area contributed by atoms with Crippen LogP contribution < -0.4 is 10.1 Å². The summed E-state index contributed by atoms with van der Waals surface area (Å²) in [5.74, 6) is 3.26. The Labute approximate surface area is 125 Å². The molecule has 1 aromatic heterocycles. The lowest BCUT2D eigenvalue weighted by molar-refractivity contribution is 0.341. The van der Waals surface area contributed by atoms with Crippen LogP contribution in [0.3, 0.4) is 0 Å². The molecule has 1 heterocycles. The molecule has 1 N–H and O–H groups in total. The first kappa shape index (κ1) is 13.9. The average Bonchev–Trinajstić information content (AvgIpc) is 3.33. The lowest BCUT2D eigenvalue weighted by atomic mass is 10.1. The Hall–Kier alpha value is -2.10. The third-order valence-electron chi connectivity index (χ3n) is 3.51. The predicted molar refractivity (Wildman–Crippen MR) is 84.8 cm³/mol. The molecule has 0 bridgehead atoms. The zero-order chi connectivity index (χ0) is 14.7. The van der Waals surface area contributed by atoms with Crippen molar-refractivity contribution in [2.75, 3.05) is 18.5 Å². The molecule has 0 unspecified atom stereocenters. The molecule has 4 heteroatoms. The molecule has 1 aliphatic carbocycles. The van der Waals surface area contributed by atoms with Crippen LogP contribution >= 0.6 is 0 Å². The Morgan fingerprint density at radius 1 is 1.19 bits per heavy atom. The summed E-state index contributed by atoms with van der Waals surface area (Å²) in [6.07, 6.45) is 2.39. The summed E-state index contributed by atoms with van der Waals surface area (Å²) < 4.78 is 5.73. The van der Waals surface area contributed by atoms with Gasteiger partial charge in [-0.1, -0.05) is 12.1 Å². The van der Waals surface area contributed by atoms with E-state index in [-0.39, 0.29) is 0 Å². The summed E-state index contributed by atoms with van der Waals surface area (Å²) in [7, 11) is 0. The highest BCUT2D eigenvalue weighted by atomic mass is 16.5. The summed E-state index contributed by atoms with van der Waals surface area (Å²) in [6.45, 7) is 5.58. The minimum atomic E-state index is 0.529. The van der Waals surface area contributed by atoms with Gasteiger partial charge in [0.15, 0.2) is 0 Å². The molecule has 0 saturated heterocycles. The van der Waals surface area contributed by atoms with Gasteiger partial charge in [0.25, 0.3) is 0 Å². The second-order valence-corrected chi connectivity index (χ2v) is 5.23. The zero-order valence-electron chi connectivity index (χ0n) is 12.6. The maximum atomic E-state index is 5.73. The van der Waals surface area contributed by atoms with Crippen LogP contribution in [0, 0.1) is 0 Å². The number of benzene rings is 1. The number of hydrogen-bond acceptors (Lipinski definition) is 4. The summed E-state index contributed by atoms with van der Waals surface area (Å²) in [5.41, 5.74) is 1.97. The van der Waals surface area contributed by atoms with E-state index in [1.807, 2.05) is 31.2 Å². The highest BCUT2D eigenvalue weighted by Gasteiger charge is 2.27. The molecule has 1 aromatic carbocycles. The largest absolute Gasteiger partial charge is 0.493 e. The van der Waals surface area contributed by atoms with Crippen LogP contribution in [-0.4, -0.2) is 23.1 Å². The van der Waals surface area contributed by atoms with Crippen molar-refractivity contribution in [1.82, 2.24) is 9.97 Å². The second-order valence-electron chi connectivity index (χ2n) is 5.23. The molecule has 21 heavy (non-hydrogen) atoms. The molecule has 0 radical (unpaired) electrons. The number of hydrogen-bond donors (Lipinski definition) is 1. The number of nitrogens with zero attached hydrogens (tertiary/aromatic N) is 2. The van der Waals surface area contributed by atoms with E-state index in [4.69, 9.17) is 9.72 Å². The molecule has 1 fully saturated rings. The van der Waals surface area contributed by atoms with Crippen LogP contribution in [0.25, 0.3) is 11.3 Å². The zero-order valence-corrected chi connectivity index (χ0v) is 12.6. The normalized spacial score (nSPS) is 14.0. The van der Waals surface area contributed by atoms with Gasteiger partial charge >= 0.3 is 0 Å². The molecule has 1 aliphatic rings. The van der Waals surface area contributed by atoms with E-state index >= 15 is 0 Å². The van der Waals surface area contributed by atoms with Gasteiger partial charge in [0.05, 0.1) is 12.3 Å². The summed E-state index contributed by atoms with van der Waals surface area (Å²) >= 11 is 0. The average molecular weight is 283 g/mol. The van der Waals surface area contributed by atoms with Crippen LogP contribution in [0.2, 0.25) is 0 Å². The number of rotatable bonds is 6. The molecular weight excluding hydrogens is 262 g/mol. The van der Waals surface area contributed by atoms with Gasteiger partial charge in [-0.2, -0.15) is 0 Å². The van der Waals surface area contributed by atoms with E-state index in [0.717, 1.165) is 35.2 Å². The van der Waals surface area contributed by atoms with E-state index < -0.39 is 0 Å². The second kappa shape index (κ2) is 6.12. The maximum Gasteiger partial charge on any atom is 0.134 e. The van der Waals surface area contributed by atoms with Crippen LogP contribution in [0.1, 0.15) is 38.4 Å². The van der Waals surface area contributed by atoms with Gasteiger partial charge in [0.1, 0.15) is 17.4 Å².